The molecule has 0 fully saturated rings. The van der Waals surface area contributed by atoms with Gasteiger partial charge in [0.05, 0.1) is 11.4 Å². The number of fused-ring (bicyclic) bond motifs is 1. The first-order valence-corrected chi connectivity index (χ1v) is 9.68. The zero-order chi connectivity index (χ0) is 19.5. The number of thioether (sulfide) groups is 1. The zero-order valence-corrected chi connectivity index (χ0v) is 16.0. The minimum absolute atomic E-state index is 0.136. The fourth-order valence-corrected chi connectivity index (χ4v) is 3.55. The molecule has 0 unspecified atom stereocenters. The molecule has 9 heteroatoms. The summed E-state index contributed by atoms with van der Waals surface area (Å²) in [5, 5.41) is 12.1. The molecule has 4 aromatic rings. The molecule has 0 bridgehead atoms. The Morgan fingerprint density at radius 1 is 1.11 bits per heavy atom. The average Bonchev–Trinajstić information content (AvgIpc) is 3.11. The second-order valence-corrected chi connectivity index (χ2v) is 7.25. The van der Waals surface area contributed by atoms with E-state index in [9.17, 15) is 9.59 Å². The predicted molar refractivity (Wildman–Crippen MR) is 110 cm³/mol. The Morgan fingerprint density at radius 3 is 2.61 bits per heavy atom. The van der Waals surface area contributed by atoms with E-state index in [1.165, 1.54) is 17.8 Å². The van der Waals surface area contributed by atoms with Gasteiger partial charge in [-0.1, -0.05) is 53.7 Å². The van der Waals surface area contributed by atoms with Gasteiger partial charge in [-0.15, -0.1) is 10.2 Å². The van der Waals surface area contributed by atoms with Crippen LogP contribution >= 0.6 is 23.4 Å². The third-order valence-corrected chi connectivity index (χ3v) is 5.09. The van der Waals surface area contributed by atoms with Gasteiger partial charge in [0.1, 0.15) is 0 Å². The van der Waals surface area contributed by atoms with E-state index < -0.39 is 0 Å². The van der Waals surface area contributed by atoms with E-state index in [0.717, 1.165) is 5.56 Å². The summed E-state index contributed by atoms with van der Waals surface area (Å²) < 4.78 is 1.73. The molecule has 2 aromatic heterocycles. The predicted octanol–water partition coefficient (Wildman–Crippen LogP) is 3.47. The summed E-state index contributed by atoms with van der Waals surface area (Å²) in [7, 11) is 0. The number of halogens is 1. The van der Waals surface area contributed by atoms with Crippen LogP contribution in [-0.4, -0.2) is 31.2 Å². The molecule has 2 aromatic carbocycles. The molecule has 0 saturated heterocycles. The van der Waals surface area contributed by atoms with Gasteiger partial charge in [-0.2, -0.15) is 0 Å². The van der Waals surface area contributed by atoms with Crippen LogP contribution < -0.4 is 10.9 Å². The fraction of sp³-hybridized carbons (Fsp3) is 0.0526. The molecular weight excluding hydrogens is 398 g/mol. The Labute approximate surface area is 168 Å². The van der Waals surface area contributed by atoms with Gasteiger partial charge in [0, 0.05) is 16.8 Å². The molecule has 0 aliphatic carbocycles. The fourth-order valence-electron chi connectivity index (χ4n) is 2.68. The Morgan fingerprint density at radius 2 is 1.86 bits per heavy atom. The molecule has 0 saturated carbocycles. The summed E-state index contributed by atoms with van der Waals surface area (Å²) in [4.78, 5) is 26.9. The summed E-state index contributed by atoms with van der Waals surface area (Å²) >= 11 is 7.08. The largest absolute Gasteiger partial charge is 0.325 e. The lowest BCUT2D eigenvalue weighted by molar-refractivity contribution is -0.113. The van der Waals surface area contributed by atoms with Crippen molar-refractivity contribution in [3.63, 3.8) is 0 Å². The molecule has 0 radical (unpaired) electrons. The van der Waals surface area contributed by atoms with Crippen molar-refractivity contribution in [3.8, 4) is 11.3 Å². The quantitative estimate of drug-likeness (QED) is 0.490. The van der Waals surface area contributed by atoms with Crippen LogP contribution in [0.2, 0.25) is 5.02 Å². The van der Waals surface area contributed by atoms with Crippen molar-refractivity contribution in [2.45, 2.75) is 5.16 Å². The van der Waals surface area contributed by atoms with Gasteiger partial charge >= 0.3 is 0 Å². The second kappa shape index (κ2) is 7.87. The highest BCUT2D eigenvalue weighted by Gasteiger charge is 2.14. The summed E-state index contributed by atoms with van der Waals surface area (Å²) in [6, 6.07) is 17.8. The van der Waals surface area contributed by atoms with Gasteiger partial charge in [-0.3, -0.25) is 19.0 Å². The summed E-state index contributed by atoms with van der Waals surface area (Å²) in [6.07, 6.45) is 0. The van der Waals surface area contributed by atoms with Gasteiger partial charge in [-0.05, 0) is 29.8 Å². The van der Waals surface area contributed by atoms with Crippen molar-refractivity contribution < 1.29 is 4.79 Å². The molecule has 0 spiro atoms. The molecule has 1 amide bonds. The van der Waals surface area contributed by atoms with E-state index in [0.29, 0.717) is 27.3 Å². The number of benzene rings is 2. The smallest absolute Gasteiger partial charge is 0.252 e. The number of rotatable bonds is 5. The van der Waals surface area contributed by atoms with Crippen LogP contribution in [0.5, 0.6) is 0 Å². The maximum absolute atomic E-state index is 12.3. The lowest BCUT2D eigenvalue weighted by atomic mass is 10.1. The third kappa shape index (κ3) is 3.92. The topological polar surface area (TPSA) is 92.2 Å². The first-order valence-electron chi connectivity index (χ1n) is 8.32. The first-order chi connectivity index (χ1) is 13.6. The molecule has 28 heavy (non-hydrogen) atoms. The molecule has 0 atom stereocenters. The first kappa shape index (κ1) is 18.3. The molecule has 4 rings (SSSR count). The van der Waals surface area contributed by atoms with Crippen LogP contribution in [0.25, 0.3) is 17.0 Å². The van der Waals surface area contributed by atoms with E-state index in [1.54, 1.807) is 28.7 Å². The van der Waals surface area contributed by atoms with Gasteiger partial charge in [0.15, 0.2) is 5.16 Å². The molecule has 140 valence electrons. The number of carbonyl (C=O) groups excluding carboxylic acids is 1. The minimum Gasteiger partial charge on any atom is -0.325 e. The van der Waals surface area contributed by atoms with E-state index in [4.69, 9.17) is 11.6 Å². The number of aromatic nitrogens is 4. The van der Waals surface area contributed by atoms with Crippen LogP contribution in [-0.2, 0) is 4.79 Å². The van der Waals surface area contributed by atoms with Crippen LogP contribution in [0.4, 0.5) is 5.69 Å². The monoisotopic (exact) mass is 411 g/mol. The highest BCUT2D eigenvalue weighted by molar-refractivity contribution is 7.99. The van der Waals surface area contributed by atoms with Crippen molar-refractivity contribution in [2.24, 2.45) is 0 Å². The standard InChI is InChI=1S/C19H14ClN5O2S/c20-13-6-8-14(9-7-13)21-17(27)11-28-19-24-23-18-22-16(26)10-15(25(18)19)12-4-2-1-3-5-12/h1-10H,11H2,(H,21,27)(H,22,23,26). The molecule has 2 heterocycles. The molecule has 7 nitrogen and oxygen atoms in total. The third-order valence-electron chi connectivity index (χ3n) is 3.91. The van der Waals surface area contributed by atoms with Gasteiger partial charge < -0.3 is 5.32 Å². The number of H-pyrrole nitrogens is 1. The van der Waals surface area contributed by atoms with Gasteiger partial charge in [0.25, 0.3) is 5.56 Å². The molecule has 0 aliphatic heterocycles. The van der Waals surface area contributed by atoms with E-state index in [-0.39, 0.29) is 17.2 Å². The summed E-state index contributed by atoms with van der Waals surface area (Å²) in [5.41, 5.74) is 1.90. The molecular formula is C19H14ClN5O2S. The lowest BCUT2D eigenvalue weighted by Crippen LogP contribution is -2.14. The number of anilines is 1. The summed E-state index contributed by atoms with van der Waals surface area (Å²) in [6.45, 7) is 0. The zero-order valence-electron chi connectivity index (χ0n) is 14.4. The number of hydrogen-bond donors (Lipinski definition) is 2. The lowest BCUT2D eigenvalue weighted by Gasteiger charge is -2.08. The average molecular weight is 412 g/mol. The minimum atomic E-state index is -0.268. The normalized spacial score (nSPS) is 10.9. The number of nitrogens with zero attached hydrogens (tertiary/aromatic N) is 3. The Balaban J connectivity index is 1.58. The van der Waals surface area contributed by atoms with Crippen molar-refractivity contribution in [1.29, 1.82) is 0 Å². The van der Waals surface area contributed by atoms with Crippen LogP contribution in [0.1, 0.15) is 0 Å². The number of amides is 1. The van der Waals surface area contributed by atoms with E-state index in [1.807, 2.05) is 30.3 Å². The van der Waals surface area contributed by atoms with Crippen LogP contribution in [0, 0.1) is 0 Å². The van der Waals surface area contributed by atoms with Crippen molar-refractivity contribution >= 4 is 40.7 Å². The Hall–Kier alpha value is -3.10. The molecule has 0 aliphatic rings. The Bertz CT molecular complexity index is 1190. The van der Waals surface area contributed by atoms with Gasteiger partial charge in [0.2, 0.25) is 11.7 Å². The maximum Gasteiger partial charge on any atom is 0.252 e. The number of aromatic amines is 1. The van der Waals surface area contributed by atoms with E-state index >= 15 is 0 Å². The highest BCUT2D eigenvalue weighted by atomic mass is 35.5. The Kier molecular flexibility index (Phi) is 5.14. The SMILES string of the molecule is O=C(CSc1nnc2[nH]c(=O)cc(-c3ccccc3)n12)Nc1ccc(Cl)cc1. The number of hydrogen-bond acceptors (Lipinski definition) is 5. The number of carbonyl (C=O) groups is 1. The van der Waals surface area contributed by atoms with Crippen molar-refractivity contribution in [3.05, 3.63) is 76.0 Å². The van der Waals surface area contributed by atoms with Crippen molar-refractivity contribution in [2.75, 3.05) is 11.1 Å². The van der Waals surface area contributed by atoms with Gasteiger partial charge in [-0.25, -0.2) is 0 Å². The number of nitrogens with one attached hydrogen (secondary N) is 2. The highest BCUT2D eigenvalue weighted by Crippen LogP contribution is 2.24. The van der Waals surface area contributed by atoms with Crippen LogP contribution in [0.15, 0.2) is 70.6 Å². The van der Waals surface area contributed by atoms with E-state index in [2.05, 4.69) is 20.5 Å². The molecule has 2 N–H and O–H groups in total. The van der Waals surface area contributed by atoms with Crippen molar-refractivity contribution in [1.82, 2.24) is 19.6 Å². The maximum atomic E-state index is 12.3. The second-order valence-electron chi connectivity index (χ2n) is 5.87. The van der Waals surface area contributed by atoms with Crippen LogP contribution in [0.3, 0.4) is 0 Å². The summed E-state index contributed by atoms with van der Waals surface area (Å²) in [5.74, 6) is 0.276.